The molecule has 4 heteroatoms. The number of carbonyl (C=O) groups is 1. The van der Waals surface area contributed by atoms with E-state index in [-0.39, 0.29) is 11.7 Å². The largest absolute Gasteiger partial charge is 0.505 e. The lowest BCUT2D eigenvalue weighted by Gasteiger charge is -2.13. The maximum absolute atomic E-state index is 14.3. The van der Waals surface area contributed by atoms with Gasteiger partial charge < -0.3 is 9.84 Å². The van der Waals surface area contributed by atoms with E-state index in [0.717, 1.165) is 36.0 Å². The van der Waals surface area contributed by atoms with Gasteiger partial charge in [0.25, 0.3) is 0 Å². The fourth-order valence-electron chi connectivity index (χ4n) is 2.94. The molecule has 0 bridgehead atoms. The Morgan fingerprint density at radius 2 is 2.04 bits per heavy atom. The molecule has 2 aromatic rings. The Morgan fingerprint density at radius 3 is 2.83 bits per heavy atom. The first kappa shape index (κ1) is 15.3. The predicted molar refractivity (Wildman–Crippen MR) is 85.9 cm³/mol. The van der Waals surface area contributed by atoms with Gasteiger partial charge in [-0.05, 0) is 54.2 Å². The number of phenols is 1. The van der Waals surface area contributed by atoms with Crippen LogP contribution in [0.5, 0.6) is 5.75 Å². The van der Waals surface area contributed by atoms with E-state index in [2.05, 4.69) is 0 Å². The van der Waals surface area contributed by atoms with Crippen molar-refractivity contribution in [2.75, 3.05) is 7.11 Å². The quantitative estimate of drug-likeness (QED) is 0.850. The Morgan fingerprint density at radius 1 is 1.22 bits per heavy atom. The highest BCUT2D eigenvalue weighted by molar-refractivity contribution is 5.91. The third kappa shape index (κ3) is 2.84. The zero-order valence-corrected chi connectivity index (χ0v) is 12.8. The van der Waals surface area contributed by atoms with Crippen LogP contribution in [0.4, 0.5) is 4.39 Å². The second-order valence-corrected chi connectivity index (χ2v) is 5.51. The third-order valence-corrected chi connectivity index (χ3v) is 4.08. The molecule has 0 aliphatic heterocycles. The molecule has 118 valence electrons. The standard InChI is InChI=1S/C19H17FO3/c1-23-19(22)13-9-10-14-12(11-13)5-2-3-6-15(14)16-7-4-8-17(21)18(16)20/h4,6-11,21H,2-3,5H2,1H3. The smallest absolute Gasteiger partial charge is 0.337 e. The molecule has 1 aliphatic rings. The Bertz CT molecular complexity index is 793. The number of halogens is 1. The number of benzene rings is 2. The highest BCUT2D eigenvalue weighted by atomic mass is 19.1. The van der Waals surface area contributed by atoms with Crippen molar-refractivity contribution in [3.05, 3.63) is 70.5 Å². The first-order valence-electron chi connectivity index (χ1n) is 7.51. The minimum Gasteiger partial charge on any atom is -0.505 e. The molecule has 0 aromatic heterocycles. The van der Waals surface area contributed by atoms with E-state index in [1.807, 2.05) is 12.1 Å². The number of rotatable bonds is 2. The molecule has 2 aromatic carbocycles. The summed E-state index contributed by atoms with van der Waals surface area (Å²) in [4.78, 5) is 11.7. The van der Waals surface area contributed by atoms with Crippen LogP contribution in [0.15, 0.2) is 42.5 Å². The van der Waals surface area contributed by atoms with Crippen LogP contribution >= 0.6 is 0 Å². The number of methoxy groups -OCH3 is 1. The van der Waals surface area contributed by atoms with Gasteiger partial charge in [-0.1, -0.05) is 24.3 Å². The number of aryl methyl sites for hydroxylation is 1. The van der Waals surface area contributed by atoms with Crippen molar-refractivity contribution in [2.45, 2.75) is 19.3 Å². The Hall–Kier alpha value is -2.62. The summed E-state index contributed by atoms with van der Waals surface area (Å²) in [6.45, 7) is 0. The fraction of sp³-hybridized carbons (Fsp3) is 0.211. The number of aromatic hydroxyl groups is 1. The van der Waals surface area contributed by atoms with Crippen molar-refractivity contribution in [2.24, 2.45) is 0 Å². The van der Waals surface area contributed by atoms with Gasteiger partial charge in [-0.2, -0.15) is 0 Å². The van der Waals surface area contributed by atoms with Gasteiger partial charge >= 0.3 is 5.97 Å². The normalized spacial score (nSPS) is 13.7. The van der Waals surface area contributed by atoms with Gasteiger partial charge in [0.2, 0.25) is 0 Å². The van der Waals surface area contributed by atoms with Gasteiger partial charge in [-0.15, -0.1) is 0 Å². The maximum Gasteiger partial charge on any atom is 0.337 e. The first-order chi connectivity index (χ1) is 11.1. The van der Waals surface area contributed by atoms with Gasteiger partial charge in [0.15, 0.2) is 11.6 Å². The molecule has 0 saturated carbocycles. The summed E-state index contributed by atoms with van der Waals surface area (Å²) in [5.41, 5.74) is 3.49. The van der Waals surface area contributed by atoms with Crippen molar-refractivity contribution in [3.8, 4) is 5.75 Å². The molecule has 0 saturated heterocycles. The lowest BCUT2D eigenvalue weighted by atomic mass is 9.92. The second-order valence-electron chi connectivity index (χ2n) is 5.51. The van der Waals surface area contributed by atoms with E-state index in [9.17, 15) is 14.3 Å². The monoisotopic (exact) mass is 312 g/mol. The van der Waals surface area contributed by atoms with Crippen molar-refractivity contribution in [1.29, 1.82) is 0 Å². The zero-order valence-electron chi connectivity index (χ0n) is 12.8. The third-order valence-electron chi connectivity index (χ3n) is 4.08. The number of ether oxygens (including phenoxy) is 1. The number of allylic oxidation sites excluding steroid dienone is 1. The van der Waals surface area contributed by atoms with Crippen LogP contribution in [0, 0.1) is 5.82 Å². The SMILES string of the molecule is COC(=O)c1ccc2c(c1)CCCC=C2c1cccc(O)c1F. The summed E-state index contributed by atoms with van der Waals surface area (Å²) in [5.74, 6) is -1.37. The maximum atomic E-state index is 14.3. The number of hydrogen-bond donors (Lipinski definition) is 1. The number of fused-ring (bicyclic) bond motifs is 1. The van der Waals surface area contributed by atoms with Crippen LogP contribution in [0.1, 0.15) is 39.9 Å². The molecular formula is C19H17FO3. The summed E-state index contributed by atoms with van der Waals surface area (Å²) < 4.78 is 19.1. The number of esters is 1. The van der Waals surface area contributed by atoms with Gasteiger partial charge in [0.1, 0.15) is 0 Å². The number of phenolic OH excluding ortho intramolecular Hbond substituents is 1. The van der Waals surface area contributed by atoms with Crippen LogP contribution in [0.2, 0.25) is 0 Å². The predicted octanol–water partition coefficient (Wildman–Crippen LogP) is 4.09. The van der Waals surface area contributed by atoms with Gasteiger partial charge in [0.05, 0.1) is 12.7 Å². The van der Waals surface area contributed by atoms with E-state index in [4.69, 9.17) is 4.74 Å². The minimum absolute atomic E-state index is 0.361. The molecule has 0 amide bonds. The van der Waals surface area contributed by atoms with E-state index in [0.29, 0.717) is 11.1 Å². The van der Waals surface area contributed by atoms with Crippen LogP contribution in [0.25, 0.3) is 5.57 Å². The molecule has 0 spiro atoms. The highest BCUT2D eigenvalue weighted by Gasteiger charge is 2.19. The molecular weight excluding hydrogens is 295 g/mol. The molecule has 0 fully saturated rings. The van der Waals surface area contributed by atoms with Gasteiger partial charge in [-0.3, -0.25) is 0 Å². The Kier molecular flexibility index (Phi) is 4.15. The topological polar surface area (TPSA) is 46.5 Å². The molecule has 1 N–H and O–H groups in total. The van der Waals surface area contributed by atoms with E-state index < -0.39 is 5.82 Å². The van der Waals surface area contributed by atoms with Crippen LogP contribution in [-0.2, 0) is 11.2 Å². The summed E-state index contributed by atoms with van der Waals surface area (Å²) in [6, 6.07) is 9.93. The van der Waals surface area contributed by atoms with Crippen LogP contribution in [-0.4, -0.2) is 18.2 Å². The van der Waals surface area contributed by atoms with Crippen molar-refractivity contribution < 1.29 is 19.0 Å². The highest BCUT2D eigenvalue weighted by Crippen LogP contribution is 2.34. The van der Waals surface area contributed by atoms with Crippen LogP contribution in [0.3, 0.4) is 0 Å². The number of hydrogen-bond acceptors (Lipinski definition) is 3. The molecule has 0 radical (unpaired) electrons. The first-order valence-corrected chi connectivity index (χ1v) is 7.51. The van der Waals surface area contributed by atoms with Gasteiger partial charge in [-0.25, -0.2) is 9.18 Å². The second kappa shape index (κ2) is 6.24. The molecule has 3 rings (SSSR count). The molecule has 1 aliphatic carbocycles. The van der Waals surface area contributed by atoms with Crippen molar-refractivity contribution >= 4 is 11.5 Å². The Labute approximate surface area is 134 Å². The van der Waals surface area contributed by atoms with Crippen molar-refractivity contribution in [3.63, 3.8) is 0 Å². The zero-order chi connectivity index (χ0) is 16.4. The van der Waals surface area contributed by atoms with Crippen LogP contribution < -0.4 is 0 Å². The molecule has 0 unspecified atom stereocenters. The molecule has 0 atom stereocenters. The van der Waals surface area contributed by atoms with E-state index >= 15 is 0 Å². The summed E-state index contributed by atoms with van der Waals surface area (Å²) in [7, 11) is 1.35. The van der Waals surface area contributed by atoms with E-state index in [1.165, 1.54) is 13.2 Å². The summed E-state index contributed by atoms with van der Waals surface area (Å²) in [5, 5.41) is 9.63. The average Bonchev–Trinajstić information content (AvgIpc) is 2.78. The van der Waals surface area contributed by atoms with Crippen molar-refractivity contribution in [1.82, 2.24) is 0 Å². The fourth-order valence-corrected chi connectivity index (χ4v) is 2.94. The average molecular weight is 312 g/mol. The Balaban J connectivity index is 2.13. The lowest BCUT2D eigenvalue weighted by molar-refractivity contribution is 0.0600. The summed E-state index contributed by atoms with van der Waals surface area (Å²) >= 11 is 0. The lowest BCUT2D eigenvalue weighted by Crippen LogP contribution is -2.04. The summed E-state index contributed by atoms with van der Waals surface area (Å²) in [6.07, 6.45) is 4.52. The number of carbonyl (C=O) groups excluding carboxylic acids is 1. The van der Waals surface area contributed by atoms with Gasteiger partial charge in [0, 0.05) is 5.56 Å². The molecule has 23 heavy (non-hydrogen) atoms. The molecule has 0 heterocycles. The molecule has 3 nitrogen and oxygen atoms in total. The van der Waals surface area contributed by atoms with E-state index in [1.54, 1.807) is 24.3 Å². The minimum atomic E-state index is -0.622.